The van der Waals surface area contributed by atoms with Gasteiger partial charge in [-0.1, -0.05) is 6.07 Å². The Hall–Kier alpha value is -1.26. The van der Waals surface area contributed by atoms with Crippen LogP contribution >= 0.6 is 0 Å². The molecule has 1 unspecified atom stereocenters. The Kier molecular flexibility index (Phi) is 4.66. The molecule has 2 aliphatic heterocycles. The van der Waals surface area contributed by atoms with Crippen molar-refractivity contribution in [3.63, 3.8) is 0 Å². The number of piperidine rings is 1. The van der Waals surface area contributed by atoms with Crippen molar-refractivity contribution in [3.8, 4) is 11.5 Å². The van der Waals surface area contributed by atoms with Crippen LogP contribution in [0.25, 0.3) is 0 Å². The molecule has 0 bridgehead atoms. The Morgan fingerprint density at radius 2 is 2.00 bits per heavy atom. The van der Waals surface area contributed by atoms with Crippen molar-refractivity contribution in [2.24, 2.45) is 11.7 Å². The van der Waals surface area contributed by atoms with Crippen molar-refractivity contribution in [1.29, 1.82) is 0 Å². The Morgan fingerprint density at radius 1 is 1.24 bits per heavy atom. The molecule has 2 heterocycles. The van der Waals surface area contributed by atoms with E-state index in [0.717, 1.165) is 17.4 Å². The van der Waals surface area contributed by atoms with E-state index < -0.39 is 0 Å². The predicted molar refractivity (Wildman–Crippen MR) is 83.8 cm³/mol. The number of ether oxygens (including phenoxy) is 2. The van der Waals surface area contributed by atoms with Gasteiger partial charge in [-0.3, -0.25) is 0 Å². The van der Waals surface area contributed by atoms with Gasteiger partial charge >= 0.3 is 0 Å². The van der Waals surface area contributed by atoms with Gasteiger partial charge in [0, 0.05) is 0 Å². The lowest BCUT2D eigenvalue weighted by atomic mass is 9.86. The summed E-state index contributed by atoms with van der Waals surface area (Å²) in [5, 5.41) is 0. The molecule has 1 saturated heterocycles. The number of nitrogens with zero attached hydrogens (tertiary/aromatic N) is 1. The molecule has 0 amide bonds. The van der Waals surface area contributed by atoms with Gasteiger partial charge in [-0.2, -0.15) is 0 Å². The smallest absolute Gasteiger partial charge is 0.231 e. The van der Waals surface area contributed by atoms with E-state index in [1.165, 1.54) is 44.3 Å². The molecular formula is C17H26N2O2. The summed E-state index contributed by atoms with van der Waals surface area (Å²) in [7, 11) is 2.21. The van der Waals surface area contributed by atoms with Gasteiger partial charge in [-0.05, 0) is 81.9 Å². The molecule has 0 aliphatic carbocycles. The largest absolute Gasteiger partial charge is 0.454 e. The maximum Gasteiger partial charge on any atom is 0.231 e. The quantitative estimate of drug-likeness (QED) is 0.905. The van der Waals surface area contributed by atoms with Crippen LogP contribution in [0.3, 0.4) is 0 Å². The average molecular weight is 290 g/mol. The van der Waals surface area contributed by atoms with Gasteiger partial charge in [-0.15, -0.1) is 0 Å². The second-order valence-corrected chi connectivity index (χ2v) is 6.37. The monoisotopic (exact) mass is 290 g/mol. The van der Waals surface area contributed by atoms with E-state index in [1.54, 1.807) is 0 Å². The molecular weight excluding hydrogens is 264 g/mol. The van der Waals surface area contributed by atoms with Gasteiger partial charge in [0.1, 0.15) is 0 Å². The molecule has 2 N–H and O–H groups in total. The Morgan fingerprint density at radius 3 is 2.76 bits per heavy atom. The Bertz CT molecular complexity index is 470. The Labute approximate surface area is 127 Å². The van der Waals surface area contributed by atoms with E-state index in [1.807, 2.05) is 6.07 Å². The topological polar surface area (TPSA) is 47.7 Å². The third kappa shape index (κ3) is 3.50. The van der Waals surface area contributed by atoms with Gasteiger partial charge in [-0.25, -0.2) is 0 Å². The van der Waals surface area contributed by atoms with E-state index in [4.69, 9.17) is 15.2 Å². The van der Waals surface area contributed by atoms with Crippen LogP contribution in [0.1, 0.15) is 37.2 Å². The fraction of sp³-hybridized carbons (Fsp3) is 0.647. The summed E-state index contributed by atoms with van der Waals surface area (Å²) in [4.78, 5) is 2.43. The molecule has 1 atom stereocenters. The molecule has 1 aromatic rings. The van der Waals surface area contributed by atoms with E-state index >= 15 is 0 Å². The minimum atomic E-state index is 0.335. The highest BCUT2D eigenvalue weighted by Crippen LogP contribution is 2.36. The number of hydrogen-bond donors (Lipinski definition) is 1. The summed E-state index contributed by atoms with van der Waals surface area (Å²) in [5.74, 6) is 3.01. The van der Waals surface area contributed by atoms with Crippen LogP contribution in [0.2, 0.25) is 0 Å². The number of rotatable bonds is 5. The highest BCUT2D eigenvalue weighted by Gasteiger charge is 2.20. The number of benzene rings is 1. The summed E-state index contributed by atoms with van der Waals surface area (Å²) in [6, 6.07) is 6.25. The fourth-order valence-electron chi connectivity index (χ4n) is 3.38. The molecule has 1 aromatic carbocycles. The second kappa shape index (κ2) is 6.67. The molecule has 116 valence electrons. The molecule has 4 heteroatoms. The lowest BCUT2D eigenvalue weighted by Gasteiger charge is -2.29. The predicted octanol–water partition coefficient (Wildman–Crippen LogP) is 2.58. The zero-order chi connectivity index (χ0) is 14.7. The Balaban J connectivity index is 1.57. The highest BCUT2D eigenvalue weighted by atomic mass is 16.7. The van der Waals surface area contributed by atoms with Gasteiger partial charge in [0.15, 0.2) is 11.5 Å². The van der Waals surface area contributed by atoms with Crippen molar-refractivity contribution in [3.05, 3.63) is 23.8 Å². The minimum absolute atomic E-state index is 0.335. The van der Waals surface area contributed by atoms with Gasteiger partial charge in [0.2, 0.25) is 6.79 Å². The first-order valence-electron chi connectivity index (χ1n) is 8.04. The number of nitrogens with two attached hydrogens (primary N) is 1. The summed E-state index contributed by atoms with van der Waals surface area (Å²) in [5.41, 5.74) is 7.29. The first-order valence-corrected chi connectivity index (χ1v) is 8.04. The fourth-order valence-corrected chi connectivity index (χ4v) is 3.38. The van der Waals surface area contributed by atoms with Crippen molar-refractivity contribution < 1.29 is 9.47 Å². The third-order valence-corrected chi connectivity index (χ3v) is 4.91. The average Bonchev–Trinajstić information content (AvgIpc) is 2.97. The van der Waals surface area contributed by atoms with Crippen LogP contribution in [-0.2, 0) is 0 Å². The number of fused-ring (bicyclic) bond motifs is 1. The van der Waals surface area contributed by atoms with Crippen molar-refractivity contribution >= 4 is 0 Å². The second-order valence-electron chi connectivity index (χ2n) is 6.37. The zero-order valence-electron chi connectivity index (χ0n) is 12.9. The van der Waals surface area contributed by atoms with Crippen LogP contribution in [0.4, 0.5) is 0 Å². The van der Waals surface area contributed by atoms with Crippen LogP contribution < -0.4 is 15.2 Å². The number of hydrogen-bond acceptors (Lipinski definition) is 4. The van der Waals surface area contributed by atoms with Crippen molar-refractivity contribution in [2.75, 3.05) is 33.5 Å². The molecule has 3 rings (SSSR count). The van der Waals surface area contributed by atoms with E-state index in [2.05, 4.69) is 24.1 Å². The highest BCUT2D eigenvalue weighted by molar-refractivity contribution is 5.45. The summed E-state index contributed by atoms with van der Waals surface area (Å²) < 4.78 is 10.8. The summed E-state index contributed by atoms with van der Waals surface area (Å²) in [6.45, 7) is 3.51. The maximum atomic E-state index is 6.01. The molecule has 1 fully saturated rings. The van der Waals surface area contributed by atoms with Crippen LogP contribution in [0.5, 0.6) is 11.5 Å². The standard InChI is InChI=1S/C17H26N2O2/c1-19-8-6-13(7-9-19)2-3-15(11-18)14-4-5-16-17(10-14)21-12-20-16/h4-5,10,13,15H,2-3,6-9,11-12,18H2,1H3. The maximum absolute atomic E-state index is 6.01. The van der Waals surface area contributed by atoms with E-state index in [9.17, 15) is 0 Å². The SMILES string of the molecule is CN1CCC(CCC(CN)c2ccc3c(c2)OCO3)CC1. The van der Waals surface area contributed by atoms with Gasteiger partial charge < -0.3 is 20.1 Å². The molecule has 21 heavy (non-hydrogen) atoms. The van der Waals surface area contributed by atoms with Gasteiger partial charge in [0.05, 0.1) is 0 Å². The molecule has 2 aliphatic rings. The van der Waals surface area contributed by atoms with E-state index in [0.29, 0.717) is 19.3 Å². The normalized spacial score (nSPS) is 20.7. The molecule has 0 aromatic heterocycles. The van der Waals surface area contributed by atoms with Crippen molar-refractivity contribution in [2.45, 2.75) is 31.6 Å². The summed E-state index contributed by atoms with van der Waals surface area (Å²) in [6.07, 6.45) is 5.11. The lowest BCUT2D eigenvalue weighted by molar-refractivity contribution is 0.174. The molecule has 0 spiro atoms. The number of likely N-dealkylation sites (tertiary alicyclic amines) is 1. The molecule has 0 saturated carbocycles. The van der Waals surface area contributed by atoms with E-state index in [-0.39, 0.29) is 0 Å². The first kappa shape index (κ1) is 14.7. The minimum Gasteiger partial charge on any atom is -0.454 e. The molecule has 0 radical (unpaired) electrons. The van der Waals surface area contributed by atoms with Crippen LogP contribution in [0.15, 0.2) is 18.2 Å². The lowest BCUT2D eigenvalue weighted by Crippen LogP contribution is -2.30. The van der Waals surface area contributed by atoms with Gasteiger partial charge in [0.25, 0.3) is 0 Å². The third-order valence-electron chi connectivity index (χ3n) is 4.91. The van der Waals surface area contributed by atoms with Crippen molar-refractivity contribution in [1.82, 2.24) is 4.90 Å². The van der Waals surface area contributed by atoms with Crippen LogP contribution in [0, 0.1) is 5.92 Å². The summed E-state index contributed by atoms with van der Waals surface area (Å²) >= 11 is 0. The first-order chi connectivity index (χ1) is 10.3. The molecule has 4 nitrogen and oxygen atoms in total. The zero-order valence-corrected chi connectivity index (χ0v) is 12.9. The van der Waals surface area contributed by atoms with Crippen LogP contribution in [-0.4, -0.2) is 38.4 Å².